The van der Waals surface area contributed by atoms with Crippen molar-refractivity contribution >= 4 is 21.6 Å². The van der Waals surface area contributed by atoms with E-state index >= 15 is 0 Å². The third-order valence-electron chi connectivity index (χ3n) is 6.78. The van der Waals surface area contributed by atoms with Gasteiger partial charge >= 0.3 is 0 Å². The van der Waals surface area contributed by atoms with E-state index in [4.69, 9.17) is 0 Å². The molecular weight excluding hydrogens is 480 g/mol. The van der Waals surface area contributed by atoms with Crippen LogP contribution in [0.1, 0.15) is 109 Å². The number of carbonyl (C=O) groups is 1. The molecule has 1 N–H and O–H groups in total. The van der Waals surface area contributed by atoms with E-state index in [0.29, 0.717) is 18.8 Å². The van der Waals surface area contributed by atoms with E-state index in [0.717, 1.165) is 24.8 Å². The Bertz CT molecular complexity index is 975. The van der Waals surface area contributed by atoms with Gasteiger partial charge in [0.1, 0.15) is 0 Å². The number of nitrogens with zero attached hydrogens (tertiary/aromatic N) is 1. The molecule has 2 aromatic rings. The van der Waals surface area contributed by atoms with Crippen LogP contribution in [0.5, 0.6) is 0 Å². The van der Waals surface area contributed by atoms with Gasteiger partial charge in [0.25, 0.3) is 0 Å². The lowest BCUT2D eigenvalue weighted by Crippen LogP contribution is -2.31. The normalized spacial score (nSPS) is 11.6. The molecule has 1 amide bonds. The quantitative estimate of drug-likeness (QED) is 0.176. The maximum absolute atomic E-state index is 13.5. The van der Waals surface area contributed by atoms with Gasteiger partial charge < -0.3 is 5.32 Å². The van der Waals surface area contributed by atoms with Crippen LogP contribution in [0, 0.1) is 0 Å². The number of rotatable bonds is 20. The monoisotopic (exact) mass is 528 g/mol. The molecule has 0 saturated heterocycles. The molecule has 0 bridgehead atoms. The topological polar surface area (TPSA) is 66.5 Å². The Kier molecular flexibility index (Phi) is 15.2. The van der Waals surface area contributed by atoms with E-state index in [9.17, 15) is 13.2 Å². The van der Waals surface area contributed by atoms with E-state index in [1.165, 1.54) is 77.6 Å². The van der Waals surface area contributed by atoms with Gasteiger partial charge in [0.15, 0.2) is 0 Å². The van der Waals surface area contributed by atoms with Crippen LogP contribution < -0.4 is 5.32 Å². The minimum atomic E-state index is -3.64. The molecule has 0 fully saturated rings. The third kappa shape index (κ3) is 12.8. The van der Waals surface area contributed by atoms with E-state index in [2.05, 4.69) is 12.2 Å². The fourth-order valence-corrected chi connectivity index (χ4v) is 6.08. The lowest BCUT2D eigenvalue weighted by molar-refractivity contribution is -0.114. The minimum absolute atomic E-state index is 0.181. The summed E-state index contributed by atoms with van der Waals surface area (Å²) in [5, 5.41) is 2.69. The van der Waals surface area contributed by atoms with Crippen LogP contribution in [0.2, 0.25) is 0 Å². The van der Waals surface area contributed by atoms with Crippen LogP contribution in [0.25, 0.3) is 0 Å². The zero-order valence-corrected chi connectivity index (χ0v) is 23.9. The van der Waals surface area contributed by atoms with Gasteiger partial charge in [-0.3, -0.25) is 4.79 Å². The van der Waals surface area contributed by atoms with Crippen molar-refractivity contribution in [3.05, 3.63) is 60.2 Å². The van der Waals surface area contributed by atoms with Crippen molar-refractivity contribution in [3.8, 4) is 0 Å². The summed E-state index contributed by atoms with van der Waals surface area (Å²) in [5.41, 5.74) is 1.57. The second-order valence-corrected chi connectivity index (χ2v) is 12.1. The Morgan fingerprint density at radius 3 is 1.68 bits per heavy atom. The van der Waals surface area contributed by atoms with Crippen LogP contribution in [0.3, 0.4) is 0 Å². The van der Waals surface area contributed by atoms with Crippen molar-refractivity contribution in [2.24, 2.45) is 0 Å². The summed E-state index contributed by atoms with van der Waals surface area (Å²) in [6.45, 7) is 4.56. The fraction of sp³-hybridized carbons (Fsp3) is 0.581. The zero-order chi connectivity index (χ0) is 26.8. The van der Waals surface area contributed by atoms with Crippen molar-refractivity contribution in [1.29, 1.82) is 0 Å². The standard InChI is InChI=1S/C31H48N2O3S/c1-3-4-5-6-7-8-9-10-11-12-13-14-15-19-26-33(27-29-20-17-16-18-21-29)37(35,36)31-24-22-30(23-25-31)32-28(2)34/h16-18,20-25H,3-15,19,26-27H2,1-2H3,(H,32,34). The molecule has 0 aromatic heterocycles. The van der Waals surface area contributed by atoms with Gasteiger partial charge in [0.2, 0.25) is 15.9 Å². The predicted octanol–water partition coefficient (Wildman–Crippen LogP) is 8.32. The molecule has 2 aromatic carbocycles. The van der Waals surface area contributed by atoms with Gasteiger partial charge in [0.05, 0.1) is 4.90 Å². The maximum Gasteiger partial charge on any atom is 0.243 e. The maximum atomic E-state index is 13.5. The number of unbranched alkanes of at least 4 members (excludes halogenated alkanes) is 13. The lowest BCUT2D eigenvalue weighted by Gasteiger charge is -2.22. The summed E-state index contributed by atoms with van der Waals surface area (Å²) in [4.78, 5) is 11.5. The summed E-state index contributed by atoms with van der Waals surface area (Å²) >= 11 is 0. The van der Waals surface area contributed by atoms with E-state index in [1.807, 2.05) is 30.3 Å². The van der Waals surface area contributed by atoms with Gasteiger partial charge in [-0.25, -0.2) is 8.42 Å². The lowest BCUT2D eigenvalue weighted by atomic mass is 10.0. The smallest absolute Gasteiger partial charge is 0.243 e. The van der Waals surface area contributed by atoms with Gasteiger partial charge in [-0.15, -0.1) is 0 Å². The number of amides is 1. The Balaban J connectivity index is 1.77. The van der Waals surface area contributed by atoms with Crippen molar-refractivity contribution in [3.63, 3.8) is 0 Å². The molecule has 0 unspecified atom stereocenters. The number of sulfonamides is 1. The number of anilines is 1. The summed E-state index contributed by atoms with van der Waals surface area (Å²) in [5.74, 6) is -0.181. The molecule has 0 aliphatic rings. The molecule has 206 valence electrons. The van der Waals surface area contributed by atoms with Gasteiger partial charge in [-0.2, -0.15) is 4.31 Å². The first-order valence-corrected chi connectivity index (χ1v) is 15.8. The summed E-state index contributed by atoms with van der Waals surface area (Å²) in [6.07, 6.45) is 17.8. The summed E-state index contributed by atoms with van der Waals surface area (Å²) in [6, 6.07) is 16.2. The van der Waals surface area contributed by atoms with Gasteiger partial charge in [-0.05, 0) is 36.2 Å². The first kappa shape index (κ1) is 31.0. The Hall–Kier alpha value is -2.18. The second-order valence-electron chi connectivity index (χ2n) is 10.1. The molecule has 0 aliphatic carbocycles. The molecule has 5 nitrogen and oxygen atoms in total. The molecule has 2 rings (SSSR count). The minimum Gasteiger partial charge on any atom is -0.326 e. The highest BCUT2D eigenvalue weighted by atomic mass is 32.2. The van der Waals surface area contributed by atoms with Gasteiger partial charge in [0, 0.05) is 25.7 Å². The van der Waals surface area contributed by atoms with Crippen LogP contribution >= 0.6 is 0 Å². The molecule has 0 atom stereocenters. The van der Waals surface area contributed by atoms with Gasteiger partial charge in [-0.1, -0.05) is 121 Å². The van der Waals surface area contributed by atoms with Crippen molar-refractivity contribution < 1.29 is 13.2 Å². The van der Waals surface area contributed by atoms with E-state index < -0.39 is 10.0 Å². The average Bonchev–Trinajstić information content (AvgIpc) is 2.88. The highest BCUT2D eigenvalue weighted by Gasteiger charge is 2.24. The SMILES string of the molecule is CCCCCCCCCCCCCCCCN(Cc1ccccc1)S(=O)(=O)c1ccc(NC(C)=O)cc1. The highest BCUT2D eigenvalue weighted by Crippen LogP contribution is 2.22. The van der Waals surface area contributed by atoms with Crippen LogP contribution in [-0.4, -0.2) is 25.2 Å². The summed E-state index contributed by atoms with van der Waals surface area (Å²) < 4.78 is 28.5. The molecule has 0 saturated carbocycles. The Morgan fingerprint density at radius 1 is 0.703 bits per heavy atom. The Morgan fingerprint density at radius 2 is 1.19 bits per heavy atom. The molecule has 0 heterocycles. The first-order chi connectivity index (χ1) is 17.9. The molecular formula is C31H48N2O3S. The fourth-order valence-electron chi connectivity index (χ4n) is 4.62. The molecule has 0 aliphatic heterocycles. The van der Waals surface area contributed by atoms with E-state index in [-0.39, 0.29) is 10.8 Å². The third-order valence-corrected chi connectivity index (χ3v) is 8.63. The molecule has 0 radical (unpaired) electrons. The first-order valence-electron chi connectivity index (χ1n) is 14.3. The van der Waals surface area contributed by atoms with E-state index in [1.54, 1.807) is 28.6 Å². The Labute approximate surface area is 226 Å². The zero-order valence-electron chi connectivity index (χ0n) is 23.1. The number of hydrogen-bond acceptors (Lipinski definition) is 3. The summed E-state index contributed by atoms with van der Waals surface area (Å²) in [7, 11) is -3.64. The number of nitrogens with one attached hydrogen (secondary N) is 1. The van der Waals surface area contributed by atoms with Crippen molar-refractivity contribution in [1.82, 2.24) is 4.31 Å². The van der Waals surface area contributed by atoms with Crippen molar-refractivity contribution in [2.45, 2.75) is 115 Å². The van der Waals surface area contributed by atoms with Crippen molar-refractivity contribution in [2.75, 3.05) is 11.9 Å². The second kappa shape index (κ2) is 18.1. The predicted molar refractivity (Wildman–Crippen MR) is 155 cm³/mol. The number of benzene rings is 2. The van der Waals surface area contributed by atoms with Crippen LogP contribution in [-0.2, 0) is 21.4 Å². The largest absolute Gasteiger partial charge is 0.326 e. The van der Waals surface area contributed by atoms with Crippen LogP contribution in [0.4, 0.5) is 5.69 Å². The average molecular weight is 529 g/mol. The highest BCUT2D eigenvalue weighted by molar-refractivity contribution is 7.89. The number of hydrogen-bond donors (Lipinski definition) is 1. The molecule has 6 heteroatoms. The molecule has 0 spiro atoms. The van der Waals surface area contributed by atoms with Crippen LogP contribution in [0.15, 0.2) is 59.5 Å². The number of carbonyl (C=O) groups excluding carboxylic acids is 1. The molecule has 37 heavy (non-hydrogen) atoms.